The Balaban J connectivity index is 1.98. The highest BCUT2D eigenvalue weighted by molar-refractivity contribution is 7.17. The van der Waals surface area contributed by atoms with Gasteiger partial charge in [0.1, 0.15) is 22.2 Å². The first-order valence-electron chi connectivity index (χ1n) is 6.92. The molecule has 3 rings (SSSR count). The largest absolute Gasteiger partial charge is 0.350 e. The summed E-state index contributed by atoms with van der Waals surface area (Å²) in [7, 11) is 1.79. The van der Waals surface area contributed by atoms with Gasteiger partial charge in [-0.3, -0.25) is 4.79 Å². The molecular weight excluding hydrogens is 312 g/mol. The number of nitrogens with one attached hydrogen (secondary N) is 1. The fourth-order valence-corrected chi connectivity index (χ4v) is 3.02. The predicted molar refractivity (Wildman–Crippen MR) is 88.6 cm³/mol. The van der Waals surface area contributed by atoms with E-state index in [2.05, 4.69) is 26.2 Å². The van der Waals surface area contributed by atoms with Gasteiger partial charge in [0.25, 0.3) is 5.56 Å². The van der Waals surface area contributed by atoms with E-state index in [0.717, 1.165) is 11.3 Å². The third-order valence-electron chi connectivity index (χ3n) is 3.66. The molecular formula is C15H14N6OS. The molecule has 8 heteroatoms. The molecule has 0 fully saturated rings. The Hall–Kier alpha value is -2.79. The molecule has 0 aliphatic rings. The maximum absolute atomic E-state index is 12.0. The van der Waals surface area contributed by atoms with Crippen LogP contribution in [-0.2, 0) is 6.54 Å². The van der Waals surface area contributed by atoms with Gasteiger partial charge >= 0.3 is 0 Å². The molecule has 3 heterocycles. The quantitative estimate of drug-likeness (QED) is 0.789. The highest BCUT2D eigenvalue weighted by atomic mass is 32.1. The molecule has 0 radical (unpaired) electrons. The average Bonchev–Trinajstić information content (AvgIpc) is 2.98. The Morgan fingerprint density at radius 3 is 2.91 bits per heavy atom. The van der Waals surface area contributed by atoms with Crippen molar-refractivity contribution in [2.24, 2.45) is 0 Å². The molecule has 7 nitrogen and oxygen atoms in total. The van der Waals surface area contributed by atoms with Gasteiger partial charge in [0, 0.05) is 7.05 Å². The number of aromatic nitrogens is 4. The monoisotopic (exact) mass is 326 g/mol. The fraction of sp³-hybridized carbons (Fsp3) is 0.267. The van der Waals surface area contributed by atoms with Crippen LogP contribution in [0.15, 0.2) is 16.2 Å². The lowest BCUT2D eigenvalue weighted by Gasteiger charge is -2.19. The second-order valence-electron chi connectivity index (χ2n) is 5.22. The van der Waals surface area contributed by atoms with Crippen LogP contribution in [0.5, 0.6) is 0 Å². The first-order valence-corrected chi connectivity index (χ1v) is 7.80. The highest BCUT2D eigenvalue weighted by Crippen LogP contribution is 2.21. The minimum absolute atomic E-state index is 0.153. The molecule has 0 aliphatic heterocycles. The van der Waals surface area contributed by atoms with E-state index in [0.29, 0.717) is 34.0 Å². The summed E-state index contributed by atoms with van der Waals surface area (Å²) < 4.78 is 0.611. The van der Waals surface area contributed by atoms with Crippen molar-refractivity contribution in [2.45, 2.75) is 20.4 Å². The number of nitriles is 1. The number of H-pyrrole nitrogens is 1. The van der Waals surface area contributed by atoms with Gasteiger partial charge in [-0.2, -0.15) is 10.4 Å². The van der Waals surface area contributed by atoms with Gasteiger partial charge < -0.3 is 9.88 Å². The minimum Gasteiger partial charge on any atom is -0.350 e. The number of nitrogens with zero attached hydrogens (tertiary/aromatic N) is 5. The molecule has 0 spiro atoms. The zero-order valence-corrected chi connectivity index (χ0v) is 13.7. The van der Waals surface area contributed by atoms with Crippen molar-refractivity contribution in [2.75, 3.05) is 11.9 Å². The van der Waals surface area contributed by atoms with Gasteiger partial charge in [-0.05, 0) is 30.9 Å². The molecule has 0 bridgehead atoms. The number of hydrogen-bond donors (Lipinski definition) is 1. The van der Waals surface area contributed by atoms with Gasteiger partial charge in [0.2, 0.25) is 0 Å². The maximum Gasteiger partial charge on any atom is 0.268 e. The Labute approximate surface area is 136 Å². The number of fused-ring (bicyclic) bond motifs is 1. The topological polar surface area (TPSA) is 98.6 Å². The summed E-state index contributed by atoms with van der Waals surface area (Å²) in [6.45, 7) is 3.99. The predicted octanol–water partition coefficient (Wildman–Crippen LogP) is 1.90. The Kier molecular flexibility index (Phi) is 3.80. The van der Waals surface area contributed by atoms with Crippen LogP contribution in [0, 0.1) is 25.2 Å². The molecule has 0 amide bonds. The van der Waals surface area contributed by atoms with E-state index in [-0.39, 0.29) is 5.56 Å². The van der Waals surface area contributed by atoms with Crippen LogP contribution >= 0.6 is 11.3 Å². The third-order valence-corrected chi connectivity index (χ3v) is 4.56. The van der Waals surface area contributed by atoms with Gasteiger partial charge in [-0.25, -0.2) is 4.98 Å². The molecule has 23 heavy (non-hydrogen) atoms. The first kappa shape index (κ1) is 15.1. The summed E-state index contributed by atoms with van der Waals surface area (Å²) in [5.41, 5.74) is 2.54. The molecule has 3 aromatic rings. The lowest BCUT2D eigenvalue weighted by molar-refractivity contribution is 0.802. The van der Waals surface area contributed by atoms with Crippen LogP contribution in [0.4, 0.5) is 5.82 Å². The van der Waals surface area contributed by atoms with E-state index in [1.54, 1.807) is 11.9 Å². The van der Waals surface area contributed by atoms with E-state index in [1.807, 2.05) is 25.3 Å². The average molecular weight is 326 g/mol. The lowest BCUT2D eigenvalue weighted by Crippen LogP contribution is -2.23. The molecule has 0 saturated heterocycles. The van der Waals surface area contributed by atoms with Crippen LogP contribution in [0.1, 0.15) is 22.6 Å². The number of thiophene rings is 1. The van der Waals surface area contributed by atoms with Gasteiger partial charge in [0.05, 0.1) is 17.8 Å². The number of aromatic amines is 1. The summed E-state index contributed by atoms with van der Waals surface area (Å²) in [5.74, 6) is 0.996. The lowest BCUT2D eigenvalue weighted by atomic mass is 10.1. The van der Waals surface area contributed by atoms with Crippen molar-refractivity contribution < 1.29 is 0 Å². The van der Waals surface area contributed by atoms with Crippen molar-refractivity contribution in [1.82, 2.24) is 20.2 Å². The smallest absolute Gasteiger partial charge is 0.268 e. The van der Waals surface area contributed by atoms with Crippen LogP contribution < -0.4 is 10.5 Å². The zero-order valence-electron chi connectivity index (χ0n) is 12.9. The van der Waals surface area contributed by atoms with Crippen LogP contribution in [0.25, 0.3) is 10.2 Å². The normalized spacial score (nSPS) is 10.7. The summed E-state index contributed by atoms with van der Waals surface area (Å²) in [6, 6.07) is 3.99. The Bertz CT molecular complexity index is 984. The SMILES string of the molecule is Cc1nnc(N(C)Cc2nc3ccsc3c(=O)[nH]2)c(C#N)c1C. The summed E-state index contributed by atoms with van der Waals surface area (Å²) in [6.07, 6.45) is 0. The fourth-order valence-electron chi connectivity index (χ4n) is 2.29. The van der Waals surface area contributed by atoms with Crippen LogP contribution in [0.2, 0.25) is 0 Å². The molecule has 0 unspecified atom stereocenters. The van der Waals surface area contributed by atoms with E-state index in [1.165, 1.54) is 11.3 Å². The van der Waals surface area contributed by atoms with Crippen molar-refractivity contribution >= 4 is 27.4 Å². The van der Waals surface area contributed by atoms with E-state index < -0.39 is 0 Å². The summed E-state index contributed by atoms with van der Waals surface area (Å²) in [5, 5.41) is 19.4. The first-order chi connectivity index (χ1) is 11.0. The maximum atomic E-state index is 12.0. The van der Waals surface area contributed by atoms with Gasteiger partial charge in [-0.15, -0.1) is 16.4 Å². The van der Waals surface area contributed by atoms with Crippen molar-refractivity contribution in [3.8, 4) is 6.07 Å². The molecule has 1 N–H and O–H groups in total. The Morgan fingerprint density at radius 2 is 2.17 bits per heavy atom. The standard InChI is InChI=1S/C15H14N6OS/c1-8-9(2)19-20-14(10(8)6-16)21(3)7-12-17-11-4-5-23-13(11)15(22)18-12/h4-5H,7H2,1-3H3,(H,17,18,22). The zero-order chi connectivity index (χ0) is 16.6. The number of rotatable bonds is 3. The molecule has 0 atom stereocenters. The Morgan fingerprint density at radius 1 is 1.39 bits per heavy atom. The van der Waals surface area contributed by atoms with E-state index in [9.17, 15) is 10.1 Å². The molecule has 116 valence electrons. The van der Waals surface area contributed by atoms with Crippen LogP contribution in [-0.4, -0.2) is 27.2 Å². The van der Waals surface area contributed by atoms with E-state index in [4.69, 9.17) is 0 Å². The van der Waals surface area contributed by atoms with Crippen LogP contribution in [0.3, 0.4) is 0 Å². The number of hydrogen-bond acceptors (Lipinski definition) is 7. The van der Waals surface area contributed by atoms with E-state index >= 15 is 0 Å². The van der Waals surface area contributed by atoms with Gasteiger partial charge in [0.15, 0.2) is 5.82 Å². The van der Waals surface area contributed by atoms with Crippen molar-refractivity contribution in [3.05, 3.63) is 44.4 Å². The van der Waals surface area contributed by atoms with Crippen molar-refractivity contribution in [3.63, 3.8) is 0 Å². The minimum atomic E-state index is -0.153. The molecule has 3 aromatic heterocycles. The second-order valence-corrected chi connectivity index (χ2v) is 6.14. The number of anilines is 1. The molecule has 0 aromatic carbocycles. The highest BCUT2D eigenvalue weighted by Gasteiger charge is 2.16. The van der Waals surface area contributed by atoms with Gasteiger partial charge in [-0.1, -0.05) is 0 Å². The van der Waals surface area contributed by atoms with Crippen molar-refractivity contribution in [1.29, 1.82) is 5.26 Å². The number of aryl methyl sites for hydroxylation is 1. The molecule has 0 aliphatic carbocycles. The third kappa shape index (κ3) is 2.66. The second kappa shape index (κ2) is 5.78. The molecule has 0 saturated carbocycles. The summed E-state index contributed by atoms with van der Waals surface area (Å²) in [4.78, 5) is 21.0. The summed E-state index contributed by atoms with van der Waals surface area (Å²) >= 11 is 1.36.